The van der Waals surface area contributed by atoms with E-state index in [9.17, 15) is 22.8 Å². The van der Waals surface area contributed by atoms with Crippen molar-refractivity contribution in [1.29, 1.82) is 0 Å². The number of alkyl halides is 3. The number of piperazine rings is 1. The lowest BCUT2D eigenvalue weighted by molar-refractivity contribution is -0.137. The quantitative estimate of drug-likeness (QED) is 0.608. The summed E-state index contributed by atoms with van der Waals surface area (Å²) >= 11 is 0. The number of hydrogen-bond acceptors (Lipinski definition) is 6. The third-order valence-electron chi connectivity index (χ3n) is 6.77. The van der Waals surface area contributed by atoms with E-state index in [1.165, 1.54) is 12.3 Å². The van der Waals surface area contributed by atoms with Crippen LogP contribution in [0.2, 0.25) is 0 Å². The van der Waals surface area contributed by atoms with Gasteiger partial charge in [-0.1, -0.05) is 0 Å². The Hall–Kier alpha value is -2.96. The number of amides is 2. The van der Waals surface area contributed by atoms with Crippen molar-refractivity contribution in [3.8, 4) is 5.69 Å². The van der Waals surface area contributed by atoms with Crippen molar-refractivity contribution in [2.75, 3.05) is 44.6 Å². The van der Waals surface area contributed by atoms with Crippen molar-refractivity contribution in [1.82, 2.24) is 24.7 Å². The number of nitrogens with two attached hydrogens (primary N) is 1. The van der Waals surface area contributed by atoms with Crippen LogP contribution in [0.1, 0.15) is 11.1 Å². The van der Waals surface area contributed by atoms with Crippen LogP contribution in [0.5, 0.6) is 0 Å². The van der Waals surface area contributed by atoms with Crippen LogP contribution in [0.15, 0.2) is 35.3 Å². The number of benzene rings is 1. The van der Waals surface area contributed by atoms with Crippen LogP contribution in [0.25, 0.3) is 5.69 Å². The minimum atomic E-state index is -4.56. The molecule has 182 valence electrons. The second-order valence-electron chi connectivity index (χ2n) is 9.12. The molecule has 2 atom stereocenters. The Balaban J connectivity index is 1.37. The maximum Gasteiger partial charge on any atom is 0.416 e. The number of aromatic nitrogens is 2. The predicted octanol–water partition coefficient (Wildman–Crippen LogP) is 1.08. The van der Waals surface area contributed by atoms with E-state index in [0.717, 1.165) is 29.8 Å². The summed E-state index contributed by atoms with van der Waals surface area (Å²) in [4.78, 5) is 32.6. The highest BCUT2D eigenvalue weighted by Crippen LogP contribution is 2.44. The number of hydrogen-bond donors (Lipinski definition) is 3. The fraction of sp³-hybridized carbons (Fsp3) is 0.500. The van der Waals surface area contributed by atoms with Crippen molar-refractivity contribution >= 4 is 11.8 Å². The van der Waals surface area contributed by atoms with Crippen LogP contribution in [-0.2, 0) is 12.7 Å². The van der Waals surface area contributed by atoms with E-state index >= 15 is 0 Å². The summed E-state index contributed by atoms with van der Waals surface area (Å²) in [7, 11) is 0. The highest BCUT2D eigenvalue weighted by Gasteiger charge is 2.53. The van der Waals surface area contributed by atoms with Gasteiger partial charge in [0.25, 0.3) is 0 Å². The van der Waals surface area contributed by atoms with E-state index in [4.69, 9.17) is 5.73 Å². The molecule has 3 fully saturated rings. The van der Waals surface area contributed by atoms with E-state index < -0.39 is 17.4 Å². The molecule has 3 aliphatic rings. The van der Waals surface area contributed by atoms with E-state index in [2.05, 4.69) is 20.5 Å². The zero-order chi connectivity index (χ0) is 24.0. The highest BCUT2D eigenvalue weighted by molar-refractivity contribution is 5.88. The summed E-state index contributed by atoms with van der Waals surface area (Å²) in [5.74, 6) is 0.881. The Labute approximate surface area is 193 Å². The van der Waals surface area contributed by atoms with Crippen LogP contribution in [0.3, 0.4) is 0 Å². The van der Waals surface area contributed by atoms with Crippen LogP contribution in [-0.4, -0.2) is 70.7 Å². The summed E-state index contributed by atoms with van der Waals surface area (Å²) in [5, 5.41) is 5.71. The molecule has 2 aromatic rings. The number of carbonyl (C=O) groups excluding carboxylic acids is 1. The van der Waals surface area contributed by atoms with Crippen molar-refractivity contribution in [3.63, 3.8) is 0 Å². The Bertz CT molecular complexity index is 1130. The maximum atomic E-state index is 13.6. The molecule has 2 unspecified atom stereocenters. The van der Waals surface area contributed by atoms with Crippen LogP contribution >= 0.6 is 0 Å². The first-order chi connectivity index (χ1) is 16.2. The van der Waals surface area contributed by atoms with Gasteiger partial charge >= 0.3 is 17.9 Å². The summed E-state index contributed by atoms with van der Waals surface area (Å²) < 4.78 is 41.8. The Kier molecular flexibility index (Phi) is 5.82. The first-order valence-corrected chi connectivity index (χ1v) is 11.2. The normalized spacial score (nSPS) is 24.7. The summed E-state index contributed by atoms with van der Waals surface area (Å²) in [6, 6.07) is 4.84. The molecule has 9 nitrogen and oxygen atoms in total. The van der Waals surface area contributed by atoms with Gasteiger partial charge in [0.2, 0.25) is 0 Å². The van der Waals surface area contributed by atoms with E-state index in [1.807, 2.05) is 0 Å². The topological polar surface area (TPSA) is 109 Å². The minimum Gasteiger partial charge on any atom is -0.327 e. The van der Waals surface area contributed by atoms with Crippen molar-refractivity contribution in [2.45, 2.75) is 18.8 Å². The Morgan fingerprint density at radius 1 is 1.18 bits per heavy atom. The zero-order valence-electron chi connectivity index (χ0n) is 18.4. The number of carbonyl (C=O) groups is 1. The van der Waals surface area contributed by atoms with Gasteiger partial charge in [0.15, 0.2) is 0 Å². The number of urea groups is 1. The number of likely N-dealkylation sites (tertiary alicyclic amines) is 1. The van der Waals surface area contributed by atoms with Gasteiger partial charge < -0.3 is 16.0 Å². The lowest BCUT2D eigenvalue weighted by atomic mass is 10.1. The van der Waals surface area contributed by atoms with Gasteiger partial charge in [-0.3, -0.25) is 14.8 Å². The van der Waals surface area contributed by atoms with E-state index in [-0.39, 0.29) is 23.6 Å². The molecule has 3 heterocycles. The number of rotatable bonds is 4. The molecule has 5 rings (SSSR count). The van der Waals surface area contributed by atoms with Crippen molar-refractivity contribution < 1.29 is 18.0 Å². The minimum absolute atomic E-state index is 0.0459. The molecule has 34 heavy (non-hydrogen) atoms. The number of piperidine rings is 1. The Morgan fingerprint density at radius 3 is 2.53 bits per heavy atom. The van der Waals surface area contributed by atoms with Gasteiger partial charge in [-0.15, -0.1) is 0 Å². The number of anilines is 1. The average molecular weight is 477 g/mol. The molecule has 2 aliphatic heterocycles. The summed E-state index contributed by atoms with van der Waals surface area (Å²) in [6.45, 7) is 4.27. The first kappa shape index (κ1) is 22.8. The molecule has 2 amide bonds. The molecule has 1 aromatic heterocycles. The largest absolute Gasteiger partial charge is 0.416 e. The van der Waals surface area contributed by atoms with Crippen LogP contribution in [0.4, 0.5) is 23.8 Å². The average Bonchev–Trinajstić information content (AvgIpc) is 3.18. The molecule has 1 aromatic carbocycles. The summed E-state index contributed by atoms with van der Waals surface area (Å²) in [6.07, 6.45) is -3.24. The highest BCUT2D eigenvalue weighted by atomic mass is 19.4. The van der Waals surface area contributed by atoms with Crippen LogP contribution < -0.4 is 22.1 Å². The van der Waals surface area contributed by atoms with E-state index in [0.29, 0.717) is 50.1 Å². The van der Waals surface area contributed by atoms with Gasteiger partial charge in [-0.05, 0) is 41.7 Å². The molecule has 4 N–H and O–H groups in total. The van der Waals surface area contributed by atoms with Gasteiger partial charge in [-0.2, -0.15) is 18.2 Å². The zero-order valence-corrected chi connectivity index (χ0v) is 18.4. The molecule has 1 saturated carbocycles. The van der Waals surface area contributed by atoms with Gasteiger partial charge in [0.1, 0.15) is 5.82 Å². The van der Waals surface area contributed by atoms with Gasteiger partial charge in [0.05, 0.1) is 11.3 Å². The van der Waals surface area contributed by atoms with E-state index in [1.54, 1.807) is 11.0 Å². The number of nitrogens with zero attached hydrogens (tertiary/aromatic N) is 4. The molecule has 2 saturated heterocycles. The second-order valence-corrected chi connectivity index (χ2v) is 9.12. The molecule has 0 spiro atoms. The summed E-state index contributed by atoms with van der Waals surface area (Å²) in [5.41, 5.74) is 4.88. The molecule has 12 heteroatoms. The monoisotopic (exact) mass is 477 g/mol. The van der Waals surface area contributed by atoms with Gasteiger partial charge in [-0.25, -0.2) is 9.59 Å². The van der Waals surface area contributed by atoms with Gasteiger partial charge in [0, 0.05) is 58.1 Å². The second kappa shape index (κ2) is 8.67. The molecular weight excluding hydrogens is 451 g/mol. The fourth-order valence-electron chi connectivity index (χ4n) is 4.84. The maximum absolute atomic E-state index is 13.6. The number of halogens is 3. The van der Waals surface area contributed by atoms with Crippen molar-refractivity contribution in [3.05, 3.63) is 52.1 Å². The number of nitrogens with one attached hydrogen (secondary N) is 2. The molecular formula is C22H26F3N7O2. The van der Waals surface area contributed by atoms with Crippen LogP contribution in [0, 0.1) is 11.8 Å². The smallest absolute Gasteiger partial charge is 0.327 e. The third kappa shape index (κ3) is 4.65. The standard InChI is InChI=1S/C22H26F3N7O2/c23-22(24,25)14-7-13(10-30-11-16-17(12-30)19(16)26)8-15(9-14)32-4-1-18(29-21(32)34)28-20(33)31-5-2-27-3-6-31/h1,4,7-9,16-17,19,27H,2-3,5-6,10-12,26H2,(H,28,29,33,34). The molecule has 0 bridgehead atoms. The van der Waals surface area contributed by atoms with Crippen molar-refractivity contribution in [2.24, 2.45) is 17.6 Å². The lowest BCUT2D eigenvalue weighted by Gasteiger charge is -2.27. The third-order valence-corrected chi connectivity index (χ3v) is 6.77. The Morgan fingerprint density at radius 2 is 1.88 bits per heavy atom. The molecule has 0 radical (unpaired) electrons. The first-order valence-electron chi connectivity index (χ1n) is 11.2. The fourth-order valence-corrected chi connectivity index (χ4v) is 4.84. The molecule has 1 aliphatic carbocycles. The number of fused-ring (bicyclic) bond motifs is 1. The predicted molar refractivity (Wildman–Crippen MR) is 119 cm³/mol. The SMILES string of the molecule is NC1C2CN(Cc3cc(-n4ccc(NC(=O)N5CCNCC5)nc4=O)cc(C(F)(F)F)c3)CC12. The lowest BCUT2D eigenvalue weighted by Crippen LogP contribution is -2.48.